The highest BCUT2D eigenvalue weighted by Gasteiger charge is 1.99. The Labute approximate surface area is 66.6 Å². The Balaban J connectivity index is 2.42. The van der Waals surface area contributed by atoms with Crippen LogP contribution in [0.25, 0.3) is 0 Å². The van der Waals surface area contributed by atoms with Gasteiger partial charge in [-0.25, -0.2) is 5.26 Å². The van der Waals surface area contributed by atoms with Crippen LogP contribution in [0.15, 0.2) is 26.7 Å². The average Bonchev–Trinajstić information content (AvgIpc) is 2.31. The molecular weight excluding hydrogens is 176 g/mol. The number of rotatable bonds is 3. The van der Waals surface area contributed by atoms with E-state index in [1.807, 2.05) is 0 Å². The van der Waals surface area contributed by atoms with Crippen molar-refractivity contribution in [1.82, 2.24) is 0 Å². The summed E-state index contributed by atoms with van der Waals surface area (Å²) in [5.74, 6) is 0. The zero-order valence-corrected chi connectivity index (χ0v) is 6.39. The first-order chi connectivity index (χ1) is 4.83. The highest BCUT2D eigenvalue weighted by molar-refractivity contribution is 7.94. The summed E-state index contributed by atoms with van der Waals surface area (Å²) >= 11 is 4.64. The summed E-state index contributed by atoms with van der Waals surface area (Å²) < 4.78 is 8.97. The van der Waals surface area contributed by atoms with Crippen LogP contribution in [0, 0.1) is 0 Å². The van der Waals surface area contributed by atoms with Gasteiger partial charge in [-0.1, -0.05) is 5.04 Å². The molecule has 0 aliphatic rings. The summed E-state index contributed by atoms with van der Waals surface area (Å²) in [5, 5.41) is 12.0. The zero-order chi connectivity index (χ0) is 7.40. The Morgan fingerprint density at radius 2 is 2.40 bits per heavy atom. The van der Waals surface area contributed by atoms with Gasteiger partial charge in [0.2, 0.25) is 0 Å². The van der Waals surface area contributed by atoms with Crippen molar-refractivity contribution < 1.29 is 19.0 Å². The van der Waals surface area contributed by atoms with Crippen molar-refractivity contribution in [3.05, 3.63) is 12.1 Å². The molecule has 0 radical (unpaired) electrons. The lowest BCUT2D eigenvalue weighted by Gasteiger charge is -1.89. The molecular formula is C4H4O4S2. The van der Waals surface area contributed by atoms with Crippen LogP contribution in [0.2, 0.25) is 0 Å². The molecule has 1 aromatic rings. The van der Waals surface area contributed by atoms with Crippen LogP contribution in [-0.4, -0.2) is 5.26 Å². The standard InChI is InChI=1S/C4H4O4S2/c5-7-8-10-4-2-1-3(9)6-4/h1-2,5,9H. The third-order valence-electron chi connectivity index (χ3n) is 0.714. The molecule has 1 rings (SSSR count). The third kappa shape index (κ3) is 2.24. The average molecular weight is 180 g/mol. The number of hydrogen-bond donors (Lipinski definition) is 2. The topological polar surface area (TPSA) is 51.8 Å². The number of hydrogen-bond acceptors (Lipinski definition) is 6. The second kappa shape index (κ2) is 3.89. The Morgan fingerprint density at radius 1 is 1.60 bits per heavy atom. The predicted molar refractivity (Wildman–Crippen MR) is 36.6 cm³/mol. The highest BCUT2D eigenvalue weighted by atomic mass is 32.2. The van der Waals surface area contributed by atoms with Crippen molar-refractivity contribution in [2.24, 2.45) is 0 Å². The molecule has 56 valence electrons. The van der Waals surface area contributed by atoms with Gasteiger partial charge in [-0.15, -0.1) is 17.0 Å². The van der Waals surface area contributed by atoms with Gasteiger partial charge in [0.15, 0.2) is 10.2 Å². The molecule has 0 fully saturated rings. The molecule has 0 aromatic carbocycles. The summed E-state index contributed by atoms with van der Waals surface area (Å²) in [6.45, 7) is 0. The van der Waals surface area contributed by atoms with Crippen molar-refractivity contribution >= 4 is 24.7 Å². The summed E-state index contributed by atoms with van der Waals surface area (Å²) in [7, 11) is 0. The fraction of sp³-hybridized carbons (Fsp3) is 0. The quantitative estimate of drug-likeness (QED) is 0.322. The van der Waals surface area contributed by atoms with E-state index in [1.165, 1.54) is 0 Å². The molecule has 10 heavy (non-hydrogen) atoms. The number of furan rings is 1. The van der Waals surface area contributed by atoms with E-state index in [-0.39, 0.29) is 0 Å². The molecule has 4 nitrogen and oxygen atoms in total. The molecule has 0 amide bonds. The zero-order valence-electron chi connectivity index (χ0n) is 4.68. The molecule has 0 aliphatic carbocycles. The van der Waals surface area contributed by atoms with Gasteiger partial charge < -0.3 is 4.42 Å². The maximum absolute atomic E-state index is 7.73. The first-order valence-electron chi connectivity index (χ1n) is 2.26. The molecule has 0 spiro atoms. The maximum Gasteiger partial charge on any atom is 0.191 e. The minimum atomic E-state index is 0.457. The van der Waals surface area contributed by atoms with E-state index in [9.17, 15) is 0 Å². The molecule has 1 N–H and O–H groups in total. The van der Waals surface area contributed by atoms with Crippen molar-refractivity contribution in [2.75, 3.05) is 0 Å². The summed E-state index contributed by atoms with van der Waals surface area (Å²) in [5.41, 5.74) is 0. The summed E-state index contributed by atoms with van der Waals surface area (Å²) in [6.07, 6.45) is 0. The van der Waals surface area contributed by atoms with Crippen molar-refractivity contribution in [1.29, 1.82) is 0 Å². The Kier molecular flexibility index (Phi) is 3.10. The van der Waals surface area contributed by atoms with Gasteiger partial charge in [0.05, 0.1) is 0 Å². The molecule has 6 heteroatoms. The van der Waals surface area contributed by atoms with Gasteiger partial charge in [-0.3, -0.25) is 0 Å². The molecule has 0 bridgehead atoms. The van der Waals surface area contributed by atoms with Gasteiger partial charge in [-0.05, 0) is 12.1 Å². The van der Waals surface area contributed by atoms with E-state index in [4.69, 9.17) is 9.67 Å². The first kappa shape index (κ1) is 7.96. The fourth-order valence-electron chi connectivity index (χ4n) is 0.404. The second-order valence-electron chi connectivity index (χ2n) is 1.32. The van der Waals surface area contributed by atoms with Crippen LogP contribution in [0.1, 0.15) is 0 Å². The third-order valence-corrected chi connectivity index (χ3v) is 1.47. The lowest BCUT2D eigenvalue weighted by Crippen LogP contribution is -1.74. The van der Waals surface area contributed by atoms with Crippen LogP contribution in [-0.2, 0) is 9.37 Å². The SMILES string of the molecule is OOOSc1ccc(S)o1. The van der Waals surface area contributed by atoms with Gasteiger partial charge in [0.1, 0.15) is 12.0 Å². The van der Waals surface area contributed by atoms with E-state index < -0.39 is 0 Å². The highest BCUT2D eigenvalue weighted by Crippen LogP contribution is 2.23. The smallest absolute Gasteiger partial charge is 0.191 e. The molecule has 0 saturated heterocycles. The molecule has 0 unspecified atom stereocenters. The normalized spacial score (nSPS) is 10.2. The maximum atomic E-state index is 7.73. The van der Waals surface area contributed by atoms with E-state index in [2.05, 4.69) is 22.0 Å². The van der Waals surface area contributed by atoms with E-state index in [0.717, 1.165) is 12.0 Å². The second-order valence-corrected chi connectivity index (χ2v) is 2.46. The Hall–Kier alpha value is -0.140. The summed E-state index contributed by atoms with van der Waals surface area (Å²) in [4.78, 5) is 0. The van der Waals surface area contributed by atoms with Crippen LogP contribution in [0.4, 0.5) is 0 Å². The van der Waals surface area contributed by atoms with Crippen molar-refractivity contribution in [3.63, 3.8) is 0 Å². The van der Waals surface area contributed by atoms with E-state index in [1.54, 1.807) is 12.1 Å². The van der Waals surface area contributed by atoms with Crippen molar-refractivity contribution in [3.8, 4) is 0 Å². The molecule has 0 atom stereocenters. The first-order valence-corrected chi connectivity index (χ1v) is 3.45. The summed E-state index contributed by atoms with van der Waals surface area (Å²) in [6, 6.07) is 3.28. The largest absolute Gasteiger partial charge is 0.442 e. The predicted octanol–water partition coefficient (Wildman–Crippen LogP) is 2.00. The minimum absolute atomic E-state index is 0.457. The molecule has 0 aliphatic heterocycles. The lowest BCUT2D eigenvalue weighted by molar-refractivity contribution is -0.432. The Morgan fingerprint density at radius 3 is 2.90 bits per heavy atom. The van der Waals surface area contributed by atoms with Gasteiger partial charge in [0.25, 0.3) is 0 Å². The molecule has 0 saturated carbocycles. The van der Waals surface area contributed by atoms with Crippen LogP contribution in [0.3, 0.4) is 0 Å². The van der Waals surface area contributed by atoms with E-state index in [0.29, 0.717) is 10.2 Å². The monoisotopic (exact) mass is 180 g/mol. The minimum Gasteiger partial charge on any atom is -0.442 e. The van der Waals surface area contributed by atoms with Crippen LogP contribution in [0.5, 0.6) is 0 Å². The van der Waals surface area contributed by atoms with E-state index >= 15 is 0 Å². The number of thiol groups is 1. The fourth-order valence-corrected chi connectivity index (χ4v) is 0.983. The van der Waals surface area contributed by atoms with Gasteiger partial charge in [0, 0.05) is 0 Å². The van der Waals surface area contributed by atoms with Crippen LogP contribution < -0.4 is 0 Å². The van der Waals surface area contributed by atoms with Crippen LogP contribution >= 0.6 is 24.7 Å². The Bertz CT molecular complexity index is 199. The van der Waals surface area contributed by atoms with Gasteiger partial charge >= 0.3 is 0 Å². The molecule has 1 aromatic heterocycles. The van der Waals surface area contributed by atoms with Gasteiger partial charge in [-0.2, -0.15) is 0 Å². The molecule has 1 heterocycles. The lowest BCUT2D eigenvalue weighted by atomic mass is 10.7. The van der Waals surface area contributed by atoms with Crippen molar-refractivity contribution in [2.45, 2.75) is 10.2 Å².